The molecule has 320 valence electrons. The van der Waals surface area contributed by atoms with E-state index in [0.29, 0.717) is 51.8 Å². The van der Waals surface area contributed by atoms with E-state index in [1.807, 2.05) is 0 Å². The number of fused-ring (bicyclic) bond motifs is 5. The Kier molecular flexibility index (Phi) is 12.3. The summed E-state index contributed by atoms with van der Waals surface area (Å²) in [7, 11) is 0. The highest BCUT2D eigenvalue weighted by atomic mass is 19.1. The Bertz CT molecular complexity index is 2530. The number of rotatable bonds is 15. The van der Waals surface area contributed by atoms with Crippen LogP contribution in [0.25, 0.3) is 22.3 Å². The zero-order chi connectivity index (χ0) is 43.6. The van der Waals surface area contributed by atoms with E-state index in [1.165, 1.54) is 10.6 Å². The van der Waals surface area contributed by atoms with Crippen LogP contribution >= 0.6 is 0 Å². The molecule has 0 fully saturated rings. The molecule has 61 heavy (non-hydrogen) atoms. The smallest absolute Gasteiger partial charge is 0.343 e. The average Bonchev–Trinajstić information content (AvgIpc) is 3.63. The molecule has 0 saturated carbocycles. The quantitative estimate of drug-likeness (QED) is 0.0405. The highest BCUT2D eigenvalue weighted by Gasteiger charge is 2.46. The van der Waals surface area contributed by atoms with Crippen molar-refractivity contribution < 1.29 is 47.7 Å². The highest BCUT2D eigenvalue weighted by molar-refractivity contribution is 5.94. The molecule has 0 bridgehead atoms. The number of hydrogen-bond acceptors (Lipinski definition) is 12. The molecule has 0 radical (unpaired) electrons. The summed E-state index contributed by atoms with van der Waals surface area (Å²) in [5.74, 6) is -4.30. The van der Waals surface area contributed by atoms with Crippen molar-refractivity contribution in [2.75, 3.05) is 33.0 Å². The maximum absolute atomic E-state index is 15.3. The Hall–Kier alpha value is -6.57. The first-order chi connectivity index (χ1) is 29.2. The van der Waals surface area contributed by atoms with E-state index in [1.54, 1.807) is 50.2 Å². The summed E-state index contributed by atoms with van der Waals surface area (Å²) < 4.78 is 27.4. The van der Waals surface area contributed by atoms with E-state index in [-0.39, 0.29) is 50.4 Å². The van der Waals surface area contributed by atoms with Crippen LogP contribution in [0.3, 0.4) is 0 Å². The van der Waals surface area contributed by atoms with Gasteiger partial charge in [-0.1, -0.05) is 37.3 Å². The van der Waals surface area contributed by atoms with Gasteiger partial charge in [-0.15, -0.1) is 0 Å². The molecule has 0 spiro atoms. The Balaban J connectivity index is 1.00. The van der Waals surface area contributed by atoms with Gasteiger partial charge in [0.05, 0.1) is 54.7 Å². The first-order valence-corrected chi connectivity index (χ1v) is 19.8. The molecule has 4 heterocycles. The van der Waals surface area contributed by atoms with Gasteiger partial charge < -0.3 is 51.5 Å². The van der Waals surface area contributed by atoms with Gasteiger partial charge in [-0.2, -0.15) is 0 Å². The lowest BCUT2D eigenvalue weighted by molar-refractivity contribution is -0.172. The number of hydrogen-bond donors (Lipinski definition) is 7. The van der Waals surface area contributed by atoms with Gasteiger partial charge in [-0.25, -0.2) is 14.2 Å². The maximum Gasteiger partial charge on any atom is 0.343 e. The van der Waals surface area contributed by atoms with Gasteiger partial charge in [0.1, 0.15) is 31.8 Å². The Labute approximate surface area is 347 Å². The number of halogens is 1. The summed E-state index contributed by atoms with van der Waals surface area (Å²) in [5.41, 5.74) is 7.33. The van der Waals surface area contributed by atoms with Gasteiger partial charge in [-0.3, -0.25) is 28.8 Å². The van der Waals surface area contributed by atoms with Crippen LogP contribution in [-0.4, -0.2) is 89.2 Å². The van der Waals surface area contributed by atoms with Gasteiger partial charge in [0.2, 0.25) is 29.5 Å². The van der Waals surface area contributed by atoms with E-state index in [4.69, 9.17) is 20.2 Å². The zero-order valence-electron chi connectivity index (χ0n) is 33.4. The zero-order valence-corrected chi connectivity index (χ0v) is 33.4. The van der Waals surface area contributed by atoms with Crippen LogP contribution in [0.1, 0.15) is 64.8 Å². The summed E-state index contributed by atoms with van der Waals surface area (Å²) >= 11 is 0. The number of nitrogens with one attached hydrogen (secondary N) is 5. The monoisotopic (exact) mass is 840 g/mol. The van der Waals surface area contributed by atoms with Crippen LogP contribution < -0.4 is 37.9 Å². The van der Waals surface area contributed by atoms with Gasteiger partial charge in [0.25, 0.3) is 5.56 Å². The number of amides is 5. The number of aliphatic hydroxyl groups is 1. The molecule has 2 aromatic carbocycles. The molecule has 2 aliphatic heterocycles. The molecular weight excluding hydrogens is 796 g/mol. The minimum Gasteiger partial charge on any atom is -0.458 e. The van der Waals surface area contributed by atoms with Crippen LogP contribution in [0.5, 0.6) is 0 Å². The molecule has 19 heteroatoms. The second-order valence-electron chi connectivity index (χ2n) is 15.1. The number of pyridine rings is 2. The van der Waals surface area contributed by atoms with Crippen molar-refractivity contribution >= 4 is 46.4 Å². The summed E-state index contributed by atoms with van der Waals surface area (Å²) in [4.78, 5) is 94.4. The third-order valence-corrected chi connectivity index (χ3v) is 11.3. The molecule has 18 nitrogen and oxygen atoms in total. The van der Waals surface area contributed by atoms with Crippen LogP contribution in [0.4, 0.5) is 4.39 Å². The van der Waals surface area contributed by atoms with Crippen LogP contribution in [0, 0.1) is 12.7 Å². The SMILES string of the molecule is CC[C@@]1(O)C(=O)OCc2c1cc1n(c2=O)Cc2c-1nc1cc(F)c(C)c3c1c2C(NC(=O)COCNC(=O)CNC(=O)[C@H](Cc1ccccc1)NC(=O)CNC(=O)CN)CC3. The molecule has 1 aliphatic carbocycles. The number of aromatic nitrogens is 2. The van der Waals surface area contributed by atoms with E-state index >= 15 is 4.39 Å². The number of nitrogens with two attached hydrogens (primary N) is 1. The first-order valence-electron chi connectivity index (χ1n) is 19.8. The Morgan fingerprint density at radius 3 is 2.51 bits per heavy atom. The predicted octanol–water partition coefficient (Wildman–Crippen LogP) is -0.360. The fraction of sp³-hybridized carbons (Fsp3) is 0.381. The predicted molar refractivity (Wildman–Crippen MR) is 215 cm³/mol. The maximum atomic E-state index is 15.3. The second kappa shape index (κ2) is 17.6. The van der Waals surface area contributed by atoms with E-state index in [9.17, 15) is 38.7 Å². The normalized spacial score (nSPS) is 17.6. The number of carbonyl (C=O) groups excluding carboxylic acids is 6. The van der Waals surface area contributed by atoms with Gasteiger partial charge in [-0.05, 0) is 54.5 Å². The third kappa shape index (κ3) is 8.44. The van der Waals surface area contributed by atoms with Crippen molar-refractivity contribution in [1.82, 2.24) is 36.1 Å². The van der Waals surface area contributed by atoms with Gasteiger partial charge >= 0.3 is 5.97 Å². The largest absolute Gasteiger partial charge is 0.458 e. The average molecular weight is 841 g/mol. The molecule has 8 N–H and O–H groups in total. The van der Waals surface area contributed by atoms with Crippen molar-refractivity contribution in [3.05, 3.63) is 97.6 Å². The van der Waals surface area contributed by atoms with E-state index in [2.05, 4.69) is 26.6 Å². The number of aryl methyl sites for hydroxylation is 1. The Morgan fingerprint density at radius 1 is 1.02 bits per heavy atom. The lowest BCUT2D eigenvalue weighted by Gasteiger charge is -2.31. The van der Waals surface area contributed by atoms with Crippen molar-refractivity contribution in [3.63, 3.8) is 0 Å². The van der Waals surface area contributed by atoms with Crippen LogP contribution in [-0.2, 0) is 69.8 Å². The third-order valence-electron chi connectivity index (χ3n) is 11.3. The number of esters is 1. The van der Waals surface area contributed by atoms with E-state index < -0.39 is 84.3 Å². The number of benzene rings is 2. The second-order valence-corrected chi connectivity index (χ2v) is 15.1. The molecule has 5 amide bonds. The van der Waals surface area contributed by atoms with Gasteiger partial charge in [0, 0.05) is 29.0 Å². The molecule has 2 aromatic heterocycles. The van der Waals surface area contributed by atoms with Crippen molar-refractivity contribution in [2.24, 2.45) is 5.73 Å². The fourth-order valence-corrected chi connectivity index (χ4v) is 8.12. The minimum atomic E-state index is -2.03. The molecule has 3 aliphatic rings. The molecule has 0 saturated heterocycles. The summed E-state index contributed by atoms with van der Waals surface area (Å²) in [6.45, 7) is 1.03. The van der Waals surface area contributed by atoms with Gasteiger partial charge in [0.15, 0.2) is 5.60 Å². The Morgan fingerprint density at radius 2 is 1.77 bits per heavy atom. The van der Waals surface area contributed by atoms with Crippen LogP contribution in [0.15, 0.2) is 47.3 Å². The van der Waals surface area contributed by atoms with E-state index in [0.717, 1.165) is 11.1 Å². The summed E-state index contributed by atoms with van der Waals surface area (Å²) in [6, 6.07) is 10.1. The number of nitrogens with zero attached hydrogens (tertiary/aromatic N) is 2. The highest BCUT2D eigenvalue weighted by Crippen LogP contribution is 2.46. The number of carbonyl (C=O) groups is 6. The first kappa shape index (κ1) is 42.6. The lowest BCUT2D eigenvalue weighted by atomic mass is 9.81. The molecule has 3 atom stereocenters. The minimum absolute atomic E-state index is 0.0356. The van der Waals surface area contributed by atoms with Crippen molar-refractivity contribution in [2.45, 2.75) is 70.4 Å². The summed E-state index contributed by atoms with van der Waals surface area (Å²) in [5, 5.41) is 24.8. The topological polar surface area (TPSA) is 262 Å². The number of ether oxygens (including phenoxy) is 2. The molecule has 1 unspecified atom stereocenters. The lowest BCUT2D eigenvalue weighted by Crippen LogP contribution is -2.52. The standard InChI is InChI=1S/C42H45FN8O10/c1-3-42(59)26-12-31-38-24(17-51(31)40(57)25(26)18-61-41(42)58)37-28(10-9-23-21(2)27(43)13-29(50-38)36(23)37)48-35(55)19-60-20-47-33(53)15-46-39(56)30(11-22-7-5-4-6-8-22)49-34(54)16-45-32(52)14-44/h4-8,12-13,28,30,59H,3,9-11,14-20,44H2,1-2H3,(H,45,52)(H,46,56)(H,47,53)(H,48,55)(H,49,54)/t28?,30-,42-/m0/s1. The van der Waals surface area contributed by atoms with Crippen molar-refractivity contribution in [3.8, 4) is 11.4 Å². The molecular formula is C42H45FN8O10. The number of cyclic esters (lactones) is 1. The fourth-order valence-electron chi connectivity index (χ4n) is 8.12. The molecule has 4 aromatic rings. The van der Waals surface area contributed by atoms with Crippen LogP contribution in [0.2, 0.25) is 0 Å². The van der Waals surface area contributed by atoms with Crippen molar-refractivity contribution in [1.29, 1.82) is 0 Å². The molecule has 7 rings (SSSR count). The summed E-state index contributed by atoms with van der Waals surface area (Å²) in [6.07, 6.45) is 0.880.